The lowest BCUT2D eigenvalue weighted by atomic mass is 10.2. The third kappa shape index (κ3) is 1.94. The van der Waals surface area contributed by atoms with E-state index in [2.05, 4.69) is 57.0 Å². The average molecular weight is 267 g/mol. The van der Waals surface area contributed by atoms with Crippen LogP contribution in [-0.2, 0) is 13.1 Å². The summed E-state index contributed by atoms with van der Waals surface area (Å²) in [5.74, 6) is 0. The van der Waals surface area contributed by atoms with Crippen molar-refractivity contribution in [3.63, 3.8) is 0 Å². The van der Waals surface area contributed by atoms with E-state index in [4.69, 9.17) is 0 Å². The molecule has 1 aromatic carbocycles. The highest BCUT2D eigenvalue weighted by molar-refractivity contribution is 9.10. The molecule has 1 aromatic heterocycles. The molecule has 0 amide bonds. The lowest BCUT2D eigenvalue weighted by molar-refractivity contribution is 0.692. The van der Waals surface area contributed by atoms with Crippen molar-refractivity contribution in [1.29, 1.82) is 0 Å². The van der Waals surface area contributed by atoms with Gasteiger partial charge in [0.15, 0.2) is 0 Å². The van der Waals surface area contributed by atoms with Crippen LogP contribution >= 0.6 is 15.9 Å². The van der Waals surface area contributed by atoms with Crippen molar-refractivity contribution in [3.8, 4) is 0 Å². The van der Waals surface area contributed by atoms with Crippen molar-refractivity contribution in [2.45, 2.75) is 20.0 Å². The monoisotopic (exact) mass is 266 g/mol. The molecule has 1 heterocycles. The minimum Gasteiger partial charge on any atom is -0.344 e. The summed E-state index contributed by atoms with van der Waals surface area (Å²) >= 11 is 3.50. The van der Waals surface area contributed by atoms with E-state index in [0.29, 0.717) is 0 Å². The van der Waals surface area contributed by atoms with Gasteiger partial charge < -0.3 is 9.88 Å². The zero-order chi connectivity index (χ0) is 10.8. The Balaban J connectivity index is 2.62. The first-order chi connectivity index (χ1) is 7.26. The van der Waals surface area contributed by atoms with Gasteiger partial charge in [-0.05, 0) is 38.2 Å². The zero-order valence-corrected chi connectivity index (χ0v) is 10.6. The van der Waals surface area contributed by atoms with E-state index in [1.807, 2.05) is 7.05 Å². The number of halogens is 1. The summed E-state index contributed by atoms with van der Waals surface area (Å²) in [5.41, 5.74) is 2.65. The highest BCUT2D eigenvalue weighted by atomic mass is 79.9. The van der Waals surface area contributed by atoms with Crippen LogP contribution in [0.5, 0.6) is 0 Å². The number of rotatable bonds is 3. The molecule has 2 rings (SSSR count). The predicted molar refractivity (Wildman–Crippen MR) is 68.1 cm³/mol. The Kier molecular flexibility index (Phi) is 3.12. The molecular weight excluding hydrogens is 252 g/mol. The van der Waals surface area contributed by atoms with Gasteiger partial charge in [0.2, 0.25) is 0 Å². The van der Waals surface area contributed by atoms with Crippen LogP contribution < -0.4 is 5.32 Å². The van der Waals surface area contributed by atoms with Gasteiger partial charge in [-0.1, -0.05) is 15.9 Å². The van der Waals surface area contributed by atoms with Crippen molar-refractivity contribution >= 4 is 26.8 Å². The van der Waals surface area contributed by atoms with E-state index in [0.717, 1.165) is 17.6 Å². The molecular formula is C12H15BrN2. The number of nitrogens with one attached hydrogen (secondary N) is 1. The van der Waals surface area contributed by atoms with Crippen molar-refractivity contribution in [1.82, 2.24) is 9.88 Å². The third-order valence-electron chi connectivity index (χ3n) is 2.62. The third-order valence-corrected chi connectivity index (χ3v) is 3.12. The fourth-order valence-electron chi connectivity index (χ4n) is 2.00. The second-order valence-electron chi connectivity index (χ2n) is 3.61. The van der Waals surface area contributed by atoms with Gasteiger partial charge in [-0.2, -0.15) is 0 Å². The maximum atomic E-state index is 3.50. The number of aryl methyl sites for hydroxylation is 1. The Hall–Kier alpha value is -0.800. The van der Waals surface area contributed by atoms with Crippen LogP contribution in [-0.4, -0.2) is 11.6 Å². The van der Waals surface area contributed by atoms with Crippen LogP contribution in [0, 0.1) is 0 Å². The second kappa shape index (κ2) is 4.37. The van der Waals surface area contributed by atoms with Crippen molar-refractivity contribution in [3.05, 3.63) is 34.4 Å². The summed E-state index contributed by atoms with van der Waals surface area (Å²) in [6.07, 6.45) is 0. The number of aromatic nitrogens is 1. The average Bonchev–Trinajstić information content (AvgIpc) is 2.54. The molecule has 0 spiro atoms. The maximum Gasteiger partial charge on any atom is 0.0483 e. The van der Waals surface area contributed by atoms with Crippen LogP contribution in [0.2, 0.25) is 0 Å². The summed E-state index contributed by atoms with van der Waals surface area (Å²) in [5, 5.41) is 4.50. The molecule has 2 aromatic rings. The van der Waals surface area contributed by atoms with Crippen LogP contribution in [0.1, 0.15) is 12.6 Å². The first kappa shape index (κ1) is 10.7. The summed E-state index contributed by atoms with van der Waals surface area (Å²) in [4.78, 5) is 0. The Bertz CT molecular complexity index is 474. The fourth-order valence-corrected chi connectivity index (χ4v) is 2.38. The molecule has 0 saturated carbocycles. The number of nitrogens with zero attached hydrogens (tertiary/aromatic N) is 1. The van der Waals surface area contributed by atoms with Gasteiger partial charge in [-0.3, -0.25) is 0 Å². The molecule has 0 aliphatic rings. The summed E-state index contributed by atoms with van der Waals surface area (Å²) < 4.78 is 3.48. The minimum absolute atomic E-state index is 0.917. The molecule has 15 heavy (non-hydrogen) atoms. The van der Waals surface area contributed by atoms with Crippen LogP contribution in [0.15, 0.2) is 28.7 Å². The number of benzene rings is 1. The van der Waals surface area contributed by atoms with E-state index in [1.165, 1.54) is 16.6 Å². The van der Waals surface area contributed by atoms with Gasteiger partial charge in [0.25, 0.3) is 0 Å². The quantitative estimate of drug-likeness (QED) is 0.904. The number of fused-ring (bicyclic) bond motifs is 1. The predicted octanol–water partition coefficient (Wildman–Crippen LogP) is 3.14. The van der Waals surface area contributed by atoms with Gasteiger partial charge in [0.1, 0.15) is 0 Å². The molecule has 80 valence electrons. The smallest absolute Gasteiger partial charge is 0.0483 e. The summed E-state index contributed by atoms with van der Waals surface area (Å²) in [6.45, 7) is 4.11. The van der Waals surface area contributed by atoms with Crippen molar-refractivity contribution in [2.24, 2.45) is 0 Å². The first-order valence-corrected chi connectivity index (χ1v) is 5.98. The van der Waals surface area contributed by atoms with Gasteiger partial charge in [-0.25, -0.2) is 0 Å². The molecule has 0 radical (unpaired) electrons. The number of hydrogen-bond donors (Lipinski definition) is 1. The molecule has 0 saturated heterocycles. The Labute approximate surface area is 98.4 Å². The molecule has 0 bridgehead atoms. The topological polar surface area (TPSA) is 17.0 Å². The van der Waals surface area contributed by atoms with Crippen LogP contribution in [0.25, 0.3) is 10.9 Å². The van der Waals surface area contributed by atoms with Crippen molar-refractivity contribution < 1.29 is 0 Å². The lowest BCUT2D eigenvalue weighted by Gasteiger charge is -2.06. The van der Waals surface area contributed by atoms with Gasteiger partial charge in [-0.15, -0.1) is 0 Å². The van der Waals surface area contributed by atoms with Crippen LogP contribution in [0.4, 0.5) is 0 Å². The standard InChI is InChI=1S/C12H15BrN2/c1-3-15-11(8-14-2)7-9-6-10(13)4-5-12(9)15/h4-7,14H,3,8H2,1-2H3. The summed E-state index contributed by atoms with van der Waals surface area (Å²) in [6, 6.07) is 8.68. The highest BCUT2D eigenvalue weighted by Gasteiger charge is 2.06. The number of hydrogen-bond acceptors (Lipinski definition) is 1. The normalized spacial score (nSPS) is 11.1. The van der Waals surface area contributed by atoms with E-state index in [1.54, 1.807) is 0 Å². The van der Waals surface area contributed by atoms with E-state index in [9.17, 15) is 0 Å². The van der Waals surface area contributed by atoms with E-state index >= 15 is 0 Å². The largest absolute Gasteiger partial charge is 0.344 e. The molecule has 0 aliphatic heterocycles. The van der Waals surface area contributed by atoms with Crippen molar-refractivity contribution in [2.75, 3.05) is 7.05 Å². The highest BCUT2D eigenvalue weighted by Crippen LogP contribution is 2.23. The summed E-state index contributed by atoms with van der Waals surface area (Å²) in [7, 11) is 1.98. The van der Waals surface area contributed by atoms with Gasteiger partial charge in [0.05, 0.1) is 0 Å². The minimum atomic E-state index is 0.917. The van der Waals surface area contributed by atoms with E-state index in [-0.39, 0.29) is 0 Å². The Morgan fingerprint density at radius 1 is 1.33 bits per heavy atom. The Morgan fingerprint density at radius 2 is 2.13 bits per heavy atom. The molecule has 1 N–H and O–H groups in total. The first-order valence-electron chi connectivity index (χ1n) is 5.18. The van der Waals surface area contributed by atoms with Crippen LogP contribution in [0.3, 0.4) is 0 Å². The molecule has 0 unspecified atom stereocenters. The lowest BCUT2D eigenvalue weighted by Crippen LogP contribution is -2.10. The maximum absolute atomic E-state index is 3.50. The molecule has 0 fully saturated rings. The SMILES string of the molecule is CCn1c(CNC)cc2cc(Br)ccc21. The molecule has 3 heteroatoms. The fraction of sp³-hybridized carbons (Fsp3) is 0.333. The second-order valence-corrected chi connectivity index (χ2v) is 4.53. The Morgan fingerprint density at radius 3 is 2.80 bits per heavy atom. The molecule has 2 nitrogen and oxygen atoms in total. The van der Waals surface area contributed by atoms with E-state index < -0.39 is 0 Å². The molecule has 0 atom stereocenters. The zero-order valence-electron chi connectivity index (χ0n) is 9.05. The molecule has 0 aliphatic carbocycles. The van der Waals surface area contributed by atoms with Gasteiger partial charge >= 0.3 is 0 Å². The van der Waals surface area contributed by atoms with Gasteiger partial charge in [0, 0.05) is 34.2 Å².